The summed E-state index contributed by atoms with van der Waals surface area (Å²) in [7, 11) is 0. The third-order valence-electron chi connectivity index (χ3n) is 3.82. The second-order valence-electron chi connectivity index (χ2n) is 6.18. The maximum absolute atomic E-state index is 12.7. The molecule has 2 rings (SSSR count). The van der Waals surface area contributed by atoms with Crippen molar-refractivity contribution in [3.8, 4) is 0 Å². The lowest BCUT2D eigenvalue weighted by atomic mass is 10.1. The minimum Gasteiger partial charge on any atom is -0.481 e. The average molecular weight is 369 g/mol. The molecular weight excluding hydrogens is 348 g/mol. The van der Waals surface area contributed by atoms with E-state index in [1.807, 2.05) is 0 Å². The molecular formula is C17H21ClN2O5. The lowest BCUT2D eigenvalue weighted by molar-refractivity contribution is -0.141. The standard InChI is InChI=1S/C17H21ClN2O5/c1-10(2)16(23)19-11-3-4-14(18)13(7-11)17(24)20-5-6-25-12(9-20)8-15(21)22/h3-4,7,10,12H,5-6,8-9H2,1-2H3,(H,19,23)(H,21,22). The van der Waals surface area contributed by atoms with Gasteiger partial charge in [0.05, 0.1) is 29.7 Å². The molecule has 136 valence electrons. The van der Waals surface area contributed by atoms with E-state index in [-0.39, 0.29) is 47.9 Å². The molecule has 1 fully saturated rings. The number of morpholine rings is 1. The fourth-order valence-electron chi connectivity index (χ4n) is 2.45. The molecule has 0 aliphatic carbocycles. The van der Waals surface area contributed by atoms with E-state index < -0.39 is 12.1 Å². The zero-order valence-electron chi connectivity index (χ0n) is 14.1. The van der Waals surface area contributed by atoms with Crippen LogP contribution < -0.4 is 5.32 Å². The van der Waals surface area contributed by atoms with Gasteiger partial charge in [-0.3, -0.25) is 14.4 Å². The molecule has 1 aromatic rings. The van der Waals surface area contributed by atoms with Gasteiger partial charge >= 0.3 is 5.97 Å². The number of anilines is 1. The molecule has 1 saturated heterocycles. The summed E-state index contributed by atoms with van der Waals surface area (Å²) in [5.41, 5.74) is 0.751. The Morgan fingerprint density at radius 3 is 2.76 bits per heavy atom. The van der Waals surface area contributed by atoms with Gasteiger partial charge in [0.15, 0.2) is 0 Å². The van der Waals surface area contributed by atoms with E-state index in [2.05, 4.69) is 5.32 Å². The average Bonchev–Trinajstić information content (AvgIpc) is 2.55. The van der Waals surface area contributed by atoms with E-state index in [1.54, 1.807) is 26.0 Å². The van der Waals surface area contributed by atoms with E-state index in [9.17, 15) is 14.4 Å². The zero-order chi connectivity index (χ0) is 18.6. The van der Waals surface area contributed by atoms with Crippen LogP contribution in [-0.2, 0) is 14.3 Å². The van der Waals surface area contributed by atoms with E-state index in [4.69, 9.17) is 21.4 Å². The van der Waals surface area contributed by atoms with Crippen LogP contribution in [0.25, 0.3) is 0 Å². The Morgan fingerprint density at radius 2 is 2.12 bits per heavy atom. The van der Waals surface area contributed by atoms with Crippen LogP contribution in [0.2, 0.25) is 5.02 Å². The zero-order valence-corrected chi connectivity index (χ0v) is 14.9. The molecule has 0 radical (unpaired) electrons. The van der Waals surface area contributed by atoms with Crippen LogP contribution in [-0.4, -0.2) is 53.6 Å². The Hall–Kier alpha value is -2.12. The molecule has 1 aliphatic rings. The summed E-state index contributed by atoms with van der Waals surface area (Å²) < 4.78 is 5.37. The van der Waals surface area contributed by atoms with E-state index in [0.29, 0.717) is 12.2 Å². The Labute approximate surface area is 150 Å². The Balaban J connectivity index is 2.15. The fraction of sp³-hybridized carbons (Fsp3) is 0.471. The number of carboxylic acids is 1. The first-order valence-electron chi connectivity index (χ1n) is 8.01. The van der Waals surface area contributed by atoms with Gasteiger partial charge in [-0.15, -0.1) is 0 Å². The molecule has 0 bridgehead atoms. The topological polar surface area (TPSA) is 95.9 Å². The Bertz CT molecular complexity index is 677. The highest BCUT2D eigenvalue weighted by Crippen LogP contribution is 2.24. The fourth-order valence-corrected chi connectivity index (χ4v) is 2.64. The Morgan fingerprint density at radius 1 is 1.40 bits per heavy atom. The van der Waals surface area contributed by atoms with Crippen molar-refractivity contribution >= 4 is 35.1 Å². The number of halogens is 1. The first kappa shape index (κ1) is 19.2. The van der Waals surface area contributed by atoms with Gasteiger partial charge in [-0.2, -0.15) is 0 Å². The maximum atomic E-state index is 12.7. The molecule has 0 saturated carbocycles. The monoisotopic (exact) mass is 368 g/mol. The molecule has 1 aromatic carbocycles. The van der Waals surface area contributed by atoms with Crippen LogP contribution in [0.5, 0.6) is 0 Å². The number of rotatable bonds is 5. The number of ether oxygens (including phenoxy) is 1. The van der Waals surface area contributed by atoms with Crippen LogP contribution in [0.1, 0.15) is 30.6 Å². The normalized spacial score (nSPS) is 17.4. The van der Waals surface area contributed by atoms with Gasteiger partial charge in [0.1, 0.15) is 0 Å². The van der Waals surface area contributed by atoms with Crippen LogP contribution in [0.15, 0.2) is 18.2 Å². The SMILES string of the molecule is CC(C)C(=O)Nc1ccc(Cl)c(C(=O)N2CCOC(CC(=O)O)C2)c1. The van der Waals surface area contributed by atoms with Gasteiger partial charge in [0.25, 0.3) is 5.91 Å². The summed E-state index contributed by atoms with van der Waals surface area (Å²) in [6.45, 7) is 4.35. The summed E-state index contributed by atoms with van der Waals surface area (Å²) in [5, 5.41) is 11.9. The van der Waals surface area contributed by atoms with E-state index in [1.165, 1.54) is 11.0 Å². The number of carbonyl (C=O) groups is 3. The highest BCUT2D eigenvalue weighted by atomic mass is 35.5. The second-order valence-corrected chi connectivity index (χ2v) is 6.59. The molecule has 0 aromatic heterocycles. The van der Waals surface area contributed by atoms with Gasteiger partial charge in [0, 0.05) is 24.7 Å². The van der Waals surface area contributed by atoms with Crippen LogP contribution >= 0.6 is 11.6 Å². The first-order chi connectivity index (χ1) is 11.8. The largest absolute Gasteiger partial charge is 0.481 e. The predicted octanol–water partition coefficient (Wildman–Crippen LogP) is 2.25. The molecule has 2 amide bonds. The molecule has 2 N–H and O–H groups in total. The molecule has 1 unspecified atom stereocenters. The molecule has 0 spiro atoms. The predicted molar refractivity (Wildman–Crippen MR) is 92.8 cm³/mol. The van der Waals surface area contributed by atoms with Crippen molar-refractivity contribution < 1.29 is 24.2 Å². The summed E-state index contributed by atoms with van der Waals surface area (Å²) >= 11 is 6.14. The molecule has 1 aliphatic heterocycles. The van der Waals surface area contributed by atoms with Gasteiger partial charge in [-0.1, -0.05) is 25.4 Å². The molecule has 1 atom stereocenters. The number of benzene rings is 1. The summed E-state index contributed by atoms with van der Waals surface area (Å²) in [6, 6.07) is 4.72. The van der Waals surface area contributed by atoms with Crippen molar-refractivity contribution in [1.82, 2.24) is 4.90 Å². The highest BCUT2D eigenvalue weighted by molar-refractivity contribution is 6.34. The first-order valence-corrected chi connectivity index (χ1v) is 8.38. The van der Waals surface area contributed by atoms with Gasteiger partial charge in [-0.05, 0) is 18.2 Å². The maximum Gasteiger partial charge on any atom is 0.306 e. The minimum absolute atomic E-state index is 0.159. The molecule has 1 heterocycles. The smallest absolute Gasteiger partial charge is 0.306 e. The molecule has 8 heteroatoms. The summed E-state index contributed by atoms with van der Waals surface area (Å²) in [6.07, 6.45) is -0.708. The third kappa shape index (κ3) is 5.17. The minimum atomic E-state index is -0.976. The quantitative estimate of drug-likeness (QED) is 0.831. The van der Waals surface area contributed by atoms with Crippen molar-refractivity contribution in [3.05, 3.63) is 28.8 Å². The number of carbonyl (C=O) groups excluding carboxylic acids is 2. The van der Waals surface area contributed by atoms with Crippen molar-refractivity contribution in [2.24, 2.45) is 5.92 Å². The van der Waals surface area contributed by atoms with Crippen molar-refractivity contribution in [2.75, 3.05) is 25.0 Å². The van der Waals surface area contributed by atoms with Crippen LogP contribution in [0, 0.1) is 5.92 Å². The lowest BCUT2D eigenvalue weighted by Gasteiger charge is -2.32. The van der Waals surface area contributed by atoms with Crippen molar-refractivity contribution in [1.29, 1.82) is 0 Å². The molecule has 25 heavy (non-hydrogen) atoms. The van der Waals surface area contributed by atoms with Crippen LogP contribution in [0.3, 0.4) is 0 Å². The van der Waals surface area contributed by atoms with Crippen molar-refractivity contribution in [2.45, 2.75) is 26.4 Å². The van der Waals surface area contributed by atoms with Gasteiger partial charge < -0.3 is 20.1 Å². The molecule has 7 nitrogen and oxygen atoms in total. The highest BCUT2D eigenvalue weighted by Gasteiger charge is 2.27. The van der Waals surface area contributed by atoms with Gasteiger partial charge in [0.2, 0.25) is 5.91 Å². The van der Waals surface area contributed by atoms with Crippen molar-refractivity contribution in [3.63, 3.8) is 0 Å². The number of hydrogen-bond donors (Lipinski definition) is 2. The number of nitrogens with zero attached hydrogens (tertiary/aromatic N) is 1. The number of carboxylic acid groups (broad SMARTS) is 1. The van der Waals surface area contributed by atoms with Crippen LogP contribution in [0.4, 0.5) is 5.69 Å². The second kappa shape index (κ2) is 8.31. The third-order valence-corrected chi connectivity index (χ3v) is 4.15. The summed E-state index contributed by atoms with van der Waals surface area (Å²) in [4.78, 5) is 36.9. The number of aliphatic carboxylic acids is 1. The number of nitrogens with one attached hydrogen (secondary N) is 1. The van der Waals surface area contributed by atoms with E-state index >= 15 is 0 Å². The Kier molecular flexibility index (Phi) is 6.39. The van der Waals surface area contributed by atoms with E-state index in [0.717, 1.165) is 0 Å². The lowest BCUT2D eigenvalue weighted by Crippen LogP contribution is -2.46. The summed E-state index contributed by atoms with van der Waals surface area (Å²) in [5.74, 6) is -1.64. The van der Waals surface area contributed by atoms with Gasteiger partial charge in [-0.25, -0.2) is 0 Å². The number of amides is 2. The number of hydrogen-bond acceptors (Lipinski definition) is 4.